The molecule has 0 bridgehead atoms. The Morgan fingerprint density at radius 3 is 2.41 bits per heavy atom. The van der Waals surface area contributed by atoms with Crippen LogP contribution in [-0.2, 0) is 16.1 Å². The molecule has 13 nitrogen and oxygen atoms in total. The molecule has 0 N–H and O–H groups in total. The van der Waals surface area contributed by atoms with Gasteiger partial charge >= 0.3 is 6.09 Å². The zero-order valence-electron chi connectivity index (χ0n) is 30.9. The molecule has 15 heteroatoms. The van der Waals surface area contributed by atoms with Crippen LogP contribution in [0.5, 0.6) is 11.6 Å². The number of methoxy groups -OCH3 is 1. The number of ether oxygens (including phenoxy) is 3. The van der Waals surface area contributed by atoms with Crippen molar-refractivity contribution < 1.29 is 28.6 Å². The molecule has 2 amide bonds. The fraction of sp³-hybridized carbons (Fsp3) is 0.359. The van der Waals surface area contributed by atoms with Crippen LogP contribution in [-0.4, -0.2) is 91.1 Å². The molecule has 0 radical (unpaired) electrons. The second-order valence-corrected chi connectivity index (χ2v) is 14.5. The Balaban J connectivity index is 1.33. The molecule has 5 aromatic rings. The fourth-order valence-electron chi connectivity index (χ4n) is 6.46. The van der Waals surface area contributed by atoms with Crippen LogP contribution in [0.1, 0.15) is 63.6 Å². The van der Waals surface area contributed by atoms with Gasteiger partial charge in [-0.15, -0.1) is 5.10 Å². The second-order valence-electron chi connectivity index (χ2n) is 13.8. The van der Waals surface area contributed by atoms with Crippen molar-refractivity contribution in [2.24, 2.45) is 0 Å². The van der Waals surface area contributed by atoms with Crippen molar-refractivity contribution in [3.63, 3.8) is 0 Å². The van der Waals surface area contributed by atoms with Crippen molar-refractivity contribution in [3.8, 4) is 45.3 Å². The second kappa shape index (κ2) is 16.0. The maximum absolute atomic E-state index is 13.5. The third-order valence-electron chi connectivity index (χ3n) is 9.00. The highest BCUT2D eigenvalue weighted by molar-refractivity contribution is 6.39. The number of carbonyl (C=O) groups excluding carboxylic acids is 3. The summed E-state index contributed by atoms with van der Waals surface area (Å²) in [7, 11) is 1.53. The molecule has 1 aliphatic rings. The van der Waals surface area contributed by atoms with E-state index in [1.165, 1.54) is 11.6 Å². The summed E-state index contributed by atoms with van der Waals surface area (Å²) in [5.74, 6) is 0.799. The van der Waals surface area contributed by atoms with Gasteiger partial charge in [-0.2, -0.15) is 0 Å². The minimum absolute atomic E-state index is 0.0179. The Hall–Kier alpha value is -5.27. The Kier molecular flexibility index (Phi) is 11.4. The van der Waals surface area contributed by atoms with E-state index in [9.17, 15) is 14.4 Å². The van der Waals surface area contributed by atoms with Gasteiger partial charge in [0.1, 0.15) is 5.60 Å². The van der Waals surface area contributed by atoms with E-state index >= 15 is 0 Å². The van der Waals surface area contributed by atoms with E-state index in [1.54, 1.807) is 41.2 Å². The van der Waals surface area contributed by atoms with Gasteiger partial charge in [0, 0.05) is 66.3 Å². The minimum atomic E-state index is -0.694. The Labute approximate surface area is 323 Å². The molecule has 4 aromatic heterocycles. The number of aromatic nitrogens is 5. The van der Waals surface area contributed by atoms with Crippen molar-refractivity contribution in [2.45, 2.75) is 65.6 Å². The molecule has 0 atom stereocenters. The van der Waals surface area contributed by atoms with E-state index in [2.05, 4.69) is 15.1 Å². The van der Waals surface area contributed by atoms with Gasteiger partial charge in [0.15, 0.2) is 17.7 Å². The van der Waals surface area contributed by atoms with Crippen LogP contribution >= 0.6 is 23.2 Å². The normalized spacial score (nSPS) is 13.5. The Morgan fingerprint density at radius 1 is 1.02 bits per heavy atom. The molecule has 1 aliphatic heterocycles. The summed E-state index contributed by atoms with van der Waals surface area (Å²) in [5.41, 5.74) is 3.90. The summed E-state index contributed by atoms with van der Waals surface area (Å²) in [6.07, 6.45) is 4.70. The number of nitrogens with zero attached hydrogens (tertiary/aromatic N) is 7. The van der Waals surface area contributed by atoms with Crippen molar-refractivity contribution in [1.29, 1.82) is 0 Å². The highest BCUT2D eigenvalue weighted by Crippen LogP contribution is 2.42. The zero-order chi connectivity index (χ0) is 38.7. The number of piperidine rings is 1. The highest BCUT2D eigenvalue weighted by Gasteiger charge is 2.33. The number of fused-ring (bicyclic) bond motifs is 1. The molecule has 6 rings (SSSR count). The molecule has 1 saturated heterocycles. The fourth-order valence-corrected chi connectivity index (χ4v) is 7.11. The first-order chi connectivity index (χ1) is 25.8. The summed E-state index contributed by atoms with van der Waals surface area (Å²) >= 11 is 14.2. The SMILES string of the molecule is CCOc1cc(-c2nccc(-c3cccc(-c4ccc(CN(C(=O)OC(C)(C)C)C5CCN(C(C)=O)CC5)c(OC)n4)c3Cl)c2Cl)cn2nc(C=O)nc12. The van der Waals surface area contributed by atoms with Crippen LogP contribution in [0.2, 0.25) is 10.0 Å². The van der Waals surface area contributed by atoms with Gasteiger partial charge in [-0.25, -0.2) is 19.3 Å². The molecular weight excluding hydrogens is 733 g/mol. The summed E-state index contributed by atoms with van der Waals surface area (Å²) in [6.45, 7) is 10.6. The minimum Gasteiger partial charge on any atom is -0.490 e. The summed E-state index contributed by atoms with van der Waals surface area (Å²) in [6, 6.07) is 12.7. The smallest absolute Gasteiger partial charge is 0.410 e. The van der Waals surface area contributed by atoms with Gasteiger partial charge in [-0.1, -0.05) is 41.4 Å². The number of likely N-dealkylation sites (tertiary alicyclic amines) is 1. The van der Waals surface area contributed by atoms with Crippen LogP contribution in [0.25, 0.3) is 39.3 Å². The van der Waals surface area contributed by atoms with E-state index in [-0.39, 0.29) is 24.3 Å². The molecule has 1 fully saturated rings. The van der Waals surface area contributed by atoms with E-state index in [4.69, 9.17) is 42.4 Å². The van der Waals surface area contributed by atoms with E-state index in [0.29, 0.717) is 105 Å². The van der Waals surface area contributed by atoms with E-state index < -0.39 is 11.7 Å². The lowest BCUT2D eigenvalue weighted by molar-refractivity contribution is -0.130. The van der Waals surface area contributed by atoms with Crippen LogP contribution in [0.3, 0.4) is 0 Å². The molecule has 0 unspecified atom stereocenters. The van der Waals surface area contributed by atoms with E-state index in [0.717, 1.165) is 0 Å². The molecule has 5 heterocycles. The van der Waals surface area contributed by atoms with Crippen LogP contribution in [0, 0.1) is 0 Å². The first-order valence-electron chi connectivity index (χ1n) is 17.5. The number of amides is 2. The first kappa shape index (κ1) is 38.5. The number of aldehydes is 1. The van der Waals surface area contributed by atoms with Gasteiger partial charge in [0.25, 0.3) is 0 Å². The lowest BCUT2D eigenvalue weighted by Gasteiger charge is -2.39. The average molecular weight is 775 g/mol. The van der Waals surface area contributed by atoms with Crippen LogP contribution < -0.4 is 9.47 Å². The summed E-state index contributed by atoms with van der Waals surface area (Å²) < 4.78 is 18.9. The summed E-state index contributed by atoms with van der Waals surface area (Å²) in [4.78, 5) is 54.1. The van der Waals surface area contributed by atoms with Crippen molar-refractivity contribution >= 4 is 47.1 Å². The Bertz CT molecular complexity index is 2210. The average Bonchev–Trinajstić information content (AvgIpc) is 3.57. The number of halogens is 2. The monoisotopic (exact) mass is 773 g/mol. The van der Waals surface area contributed by atoms with Gasteiger partial charge in [0.05, 0.1) is 41.7 Å². The number of hydrogen-bond donors (Lipinski definition) is 0. The van der Waals surface area contributed by atoms with Gasteiger partial charge in [-0.3, -0.25) is 14.6 Å². The predicted octanol–water partition coefficient (Wildman–Crippen LogP) is 7.79. The maximum Gasteiger partial charge on any atom is 0.410 e. The largest absolute Gasteiger partial charge is 0.490 e. The lowest BCUT2D eigenvalue weighted by atomic mass is 9.99. The molecule has 1 aromatic carbocycles. The third-order valence-corrected chi connectivity index (χ3v) is 9.79. The maximum atomic E-state index is 13.5. The molecular formula is C39H41Cl2N7O6. The van der Waals surface area contributed by atoms with Crippen molar-refractivity contribution in [3.05, 3.63) is 76.3 Å². The van der Waals surface area contributed by atoms with Crippen LogP contribution in [0.4, 0.5) is 4.79 Å². The molecule has 0 saturated carbocycles. The zero-order valence-corrected chi connectivity index (χ0v) is 32.4. The van der Waals surface area contributed by atoms with Gasteiger partial charge < -0.3 is 24.0 Å². The van der Waals surface area contributed by atoms with Gasteiger partial charge in [0.2, 0.25) is 17.6 Å². The predicted molar refractivity (Wildman–Crippen MR) is 205 cm³/mol. The molecule has 282 valence electrons. The number of pyridine rings is 3. The van der Waals surface area contributed by atoms with Crippen molar-refractivity contribution in [1.82, 2.24) is 34.4 Å². The number of benzene rings is 1. The number of carbonyl (C=O) groups is 3. The quantitative estimate of drug-likeness (QED) is 0.129. The lowest BCUT2D eigenvalue weighted by Crippen LogP contribution is -2.49. The van der Waals surface area contributed by atoms with Crippen molar-refractivity contribution in [2.75, 3.05) is 26.8 Å². The first-order valence-corrected chi connectivity index (χ1v) is 18.3. The highest BCUT2D eigenvalue weighted by atomic mass is 35.5. The number of hydrogen-bond acceptors (Lipinski definition) is 10. The molecule has 54 heavy (non-hydrogen) atoms. The topological polar surface area (TPSA) is 141 Å². The third kappa shape index (κ3) is 8.12. The van der Waals surface area contributed by atoms with Gasteiger partial charge in [-0.05, 0) is 64.8 Å². The standard InChI is InChI=1S/C39H41Cl2N7O6/c1-7-53-31-19-25(21-48-36(31)44-32(22-49)45-48)35-34(41)28(13-16-42-35)27-9-8-10-29(33(27)40)30-12-11-24(37(43-30)52-6)20-47(38(51)54-39(3,4)5)26-14-17-46(18-15-26)23(2)50/h8-13,16,19,21-22,26H,7,14-15,17-18,20H2,1-6H3. The van der Waals surface area contributed by atoms with E-state index in [1.807, 2.05) is 58.0 Å². The molecule has 0 spiro atoms. The number of rotatable bonds is 10. The summed E-state index contributed by atoms with van der Waals surface area (Å²) in [5, 5.41) is 4.98. The molecule has 0 aliphatic carbocycles. The Morgan fingerprint density at radius 2 is 1.74 bits per heavy atom. The van der Waals surface area contributed by atoms with Crippen LogP contribution in [0.15, 0.2) is 54.9 Å².